The van der Waals surface area contributed by atoms with Gasteiger partial charge in [-0.1, -0.05) is 17.6 Å². The summed E-state index contributed by atoms with van der Waals surface area (Å²) in [6.07, 6.45) is -4.61. The van der Waals surface area contributed by atoms with E-state index in [9.17, 15) is 13.2 Å². The molecule has 15 heavy (non-hydrogen) atoms. The lowest BCUT2D eigenvalue weighted by Crippen LogP contribution is -2.24. The van der Waals surface area contributed by atoms with Crippen molar-refractivity contribution in [2.75, 3.05) is 12.4 Å². The molecule has 0 atom stereocenters. The summed E-state index contributed by atoms with van der Waals surface area (Å²) in [7, 11) is 3.31. The highest BCUT2D eigenvalue weighted by Crippen LogP contribution is 2.25. The first kappa shape index (κ1) is 11.6. The monoisotopic (exact) mass is 214 g/mol. The molecule has 6 heteroatoms. The van der Waals surface area contributed by atoms with Crippen LogP contribution in [0.15, 0.2) is 18.2 Å². The molecule has 0 amide bonds. The molecule has 0 unspecified atom stereocenters. The van der Waals surface area contributed by atoms with Crippen LogP contribution < -0.4 is 10.8 Å². The van der Waals surface area contributed by atoms with Crippen molar-refractivity contribution >= 4 is 24.7 Å². The number of halogens is 3. The average Bonchev–Trinajstić information content (AvgIpc) is 2.15. The predicted molar refractivity (Wildman–Crippen MR) is 57.1 cm³/mol. The molecule has 2 nitrogen and oxygen atoms in total. The van der Waals surface area contributed by atoms with Crippen molar-refractivity contribution in [2.45, 2.75) is 6.18 Å². The van der Waals surface area contributed by atoms with E-state index in [1.807, 2.05) is 0 Å². The minimum Gasteiger partial charge on any atom is -0.388 e. The van der Waals surface area contributed by atoms with E-state index in [4.69, 9.17) is 5.41 Å². The fourth-order valence-electron chi connectivity index (χ4n) is 1.24. The Morgan fingerprint density at radius 1 is 1.40 bits per heavy atom. The molecule has 0 heterocycles. The zero-order chi connectivity index (χ0) is 11.6. The Kier molecular flexibility index (Phi) is 3.07. The fourth-order valence-corrected chi connectivity index (χ4v) is 1.24. The molecular weight excluding hydrogens is 204 g/mol. The molecule has 80 valence electrons. The Bertz CT molecular complexity index is 387. The van der Waals surface area contributed by atoms with Crippen molar-refractivity contribution in [3.8, 4) is 0 Å². The molecule has 1 aromatic carbocycles. The summed E-state index contributed by atoms with van der Waals surface area (Å²) in [5, 5.41) is 9.68. The minimum atomic E-state index is -4.61. The second kappa shape index (κ2) is 3.96. The van der Waals surface area contributed by atoms with Crippen molar-refractivity contribution < 1.29 is 13.2 Å². The zero-order valence-corrected chi connectivity index (χ0v) is 8.37. The van der Waals surface area contributed by atoms with Crippen LogP contribution in [0.2, 0.25) is 0 Å². The van der Waals surface area contributed by atoms with Gasteiger partial charge in [0.05, 0.1) is 0 Å². The van der Waals surface area contributed by atoms with Crippen LogP contribution in [0.4, 0.5) is 18.9 Å². The largest absolute Gasteiger partial charge is 0.433 e. The van der Waals surface area contributed by atoms with Crippen molar-refractivity contribution in [1.82, 2.24) is 0 Å². The number of nitrogens with one attached hydrogen (secondary N) is 2. The highest BCUT2D eigenvalue weighted by Gasteiger charge is 2.36. The third kappa shape index (κ3) is 2.52. The van der Waals surface area contributed by atoms with Crippen molar-refractivity contribution in [3.05, 3.63) is 23.8 Å². The Morgan fingerprint density at radius 3 is 2.47 bits per heavy atom. The van der Waals surface area contributed by atoms with Gasteiger partial charge < -0.3 is 5.32 Å². The van der Waals surface area contributed by atoms with E-state index >= 15 is 0 Å². The molecule has 0 radical (unpaired) electrons. The second-order valence-electron chi connectivity index (χ2n) is 3.17. The molecule has 1 aromatic rings. The Morgan fingerprint density at radius 2 is 2.00 bits per heavy atom. The summed E-state index contributed by atoms with van der Waals surface area (Å²) in [4.78, 5) is 0. The Hall–Kier alpha value is -1.46. The van der Waals surface area contributed by atoms with Crippen molar-refractivity contribution in [1.29, 1.82) is 5.41 Å². The summed E-state index contributed by atoms with van der Waals surface area (Å²) in [6.45, 7) is 0. The van der Waals surface area contributed by atoms with Gasteiger partial charge in [0.1, 0.15) is 13.6 Å². The smallest absolute Gasteiger partial charge is 0.388 e. The second-order valence-corrected chi connectivity index (χ2v) is 3.17. The van der Waals surface area contributed by atoms with Gasteiger partial charge in [-0.05, 0) is 6.07 Å². The van der Waals surface area contributed by atoms with E-state index in [0.29, 0.717) is 5.69 Å². The molecule has 0 saturated carbocycles. The molecule has 2 N–H and O–H groups in total. The van der Waals surface area contributed by atoms with Crippen LogP contribution in [-0.2, 0) is 0 Å². The first-order valence-electron chi connectivity index (χ1n) is 4.30. The van der Waals surface area contributed by atoms with E-state index < -0.39 is 11.9 Å². The topological polar surface area (TPSA) is 35.9 Å². The lowest BCUT2D eigenvalue weighted by molar-refractivity contribution is -0.0587. The van der Waals surface area contributed by atoms with E-state index in [1.54, 1.807) is 20.0 Å². The lowest BCUT2D eigenvalue weighted by atomic mass is 9.93. The quantitative estimate of drug-likeness (QED) is 0.557. The van der Waals surface area contributed by atoms with Crippen molar-refractivity contribution in [2.24, 2.45) is 0 Å². The van der Waals surface area contributed by atoms with Crippen LogP contribution >= 0.6 is 0 Å². The van der Waals surface area contributed by atoms with Crippen LogP contribution in [0.25, 0.3) is 0 Å². The fraction of sp³-hybridized carbons (Fsp3) is 0.222. The number of benzene rings is 1. The standard InChI is InChI=1S/C9H10BF3N2/c1-15-7-4-5(10)2-3-6(7)8(14)9(11,12)13/h2-4,14-15H,10H2,1H3. The van der Waals surface area contributed by atoms with Gasteiger partial charge in [-0.15, -0.1) is 0 Å². The summed E-state index contributed by atoms with van der Waals surface area (Å²) in [5.74, 6) is 0. The maximum absolute atomic E-state index is 12.3. The SMILES string of the molecule is Bc1ccc(C(=N)C(F)(F)F)c(NC)c1. The molecule has 0 saturated heterocycles. The highest BCUT2D eigenvalue weighted by molar-refractivity contribution is 6.33. The summed E-state index contributed by atoms with van der Waals surface area (Å²) in [5.41, 5.74) is -0.294. The van der Waals surface area contributed by atoms with Gasteiger partial charge in [0.2, 0.25) is 0 Å². The average molecular weight is 214 g/mol. The Labute approximate surface area is 86.4 Å². The zero-order valence-electron chi connectivity index (χ0n) is 8.37. The lowest BCUT2D eigenvalue weighted by Gasteiger charge is -2.13. The van der Waals surface area contributed by atoms with Crippen LogP contribution in [0.3, 0.4) is 0 Å². The third-order valence-electron chi connectivity index (χ3n) is 2.00. The van der Waals surface area contributed by atoms with Gasteiger partial charge in [0, 0.05) is 18.3 Å². The van der Waals surface area contributed by atoms with Gasteiger partial charge in [-0.2, -0.15) is 13.2 Å². The van der Waals surface area contributed by atoms with E-state index in [1.165, 1.54) is 13.1 Å². The van der Waals surface area contributed by atoms with E-state index in [-0.39, 0.29) is 5.56 Å². The number of hydrogen-bond donors (Lipinski definition) is 2. The minimum absolute atomic E-state index is 0.129. The maximum atomic E-state index is 12.3. The normalized spacial score (nSPS) is 11.2. The number of hydrogen-bond acceptors (Lipinski definition) is 2. The summed E-state index contributed by atoms with van der Waals surface area (Å²) in [6, 6.07) is 4.43. The van der Waals surface area contributed by atoms with Gasteiger partial charge in [0.25, 0.3) is 0 Å². The van der Waals surface area contributed by atoms with Crippen LogP contribution in [0.5, 0.6) is 0 Å². The molecule has 0 bridgehead atoms. The Balaban J connectivity index is 3.20. The maximum Gasteiger partial charge on any atom is 0.433 e. The molecule has 0 spiro atoms. The predicted octanol–water partition coefficient (Wildman–Crippen LogP) is 0.917. The molecule has 0 aromatic heterocycles. The molecule has 0 fully saturated rings. The molecule has 1 rings (SSSR count). The van der Waals surface area contributed by atoms with Gasteiger partial charge in [-0.25, -0.2) is 0 Å². The van der Waals surface area contributed by atoms with Gasteiger partial charge in [-0.3, -0.25) is 5.41 Å². The van der Waals surface area contributed by atoms with Crippen LogP contribution in [-0.4, -0.2) is 26.8 Å². The molecule has 0 aliphatic carbocycles. The molecule has 0 aliphatic heterocycles. The summed E-state index contributed by atoms with van der Waals surface area (Å²) < 4.78 is 36.9. The van der Waals surface area contributed by atoms with Gasteiger partial charge in [0.15, 0.2) is 0 Å². The number of anilines is 1. The van der Waals surface area contributed by atoms with Crippen LogP contribution in [0, 0.1) is 5.41 Å². The first-order valence-corrected chi connectivity index (χ1v) is 4.30. The first-order chi connectivity index (χ1) is 6.86. The number of rotatable bonds is 2. The summed E-state index contributed by atoms with van der Waals surface area (Å²) >= 11 is 0. The van der Waals surface area contributed by atoms with Gasteiger partial charge >= 0.3 is 6.18 Å². The van der Waals surface area contributed by atoms with E-state index in [2.05, 4.69) is 5.32 Å². The molecule has 0 aliphatic rings. The highest BCUT2D eigenvalue weighted by atomic mass is 19.4. The van der Waals surface area contributed by atoms with Crippen molar-refractivity contribution in [3.63, 3.8) is 0 Å². The van der Waals surface area contributed by atoms with Crippen LogP contribution in [0.1, 0.15) is 5.56 Å². The third-order valence-corrected chi connectivity index (χ3v) is 2.00. The molecular formula is C9H10BF3N2. The number of alkyl halides is 3. The van der Waals surface area contributed by atoms with E-state index in [0.717, 1.165) is 5.46 Å².